The van der Waals surface area contributed by atoms with Gasteiger partial charge >= 0.3 is 0 Å². The van der Waals surface area contributed by atoms with E-state index in [-0.39, 0.29) is 32.4 Å². The van der Waals surface area contributed by atoms with E-state index < -0.39 is 22.2 Å². The van der Waals surface area contributed by atoms with Crippen molar-refractivity contribution >= 4 is 21.5 Å². The van der Waals surface area contributed by atoms with Gasteiger partial charge in [0.05, 0.1) is 32.9 Å². The first-order valence-corrected chi connectivity index (χ1v) is 12.0. The number of hydrogen-bond donors (Lipinski definition) is 0. The van der Waals surface area contributed by atoms with Gasteiger partial charge in [-0.15, -0.1) is 0 Å². The third kappa shape index (κ3) is 3.40. The monoisotopic (exact) mass is 480 g/mol. The maximum absolute atomic E-state index is 13.5. The summed E-state index contributed by atoms with van der Waals surface area (Å²) in [6, 6.07) is 17.4. The molecular weight excluding hydrogens is 452 g/mol. The van der Waals surface area contributed by atoms with Gasteiger partial charge in [0, 0.05) is 0 Å². The summed E-state index contributed by atoms with van der Waals surface area (Å²) in [5.74, 6) is 0. The Hall–Kier alpha value is -4.06. The van der Waals surface area contributed by atoms with Crippen LogP contribution in [0.15, 0.2) is 79.8 Å². The van der Waals surface area contributed by atoms with Crippen LogP contribution in [0.25, 0.3) is 32.9 Å². The molecule has 2 heterocycles. The van der Waals surface area contributed by atoms with Crippen molar-refractivity contribution in [2.75, 3.05) is 0 Å². The molecule has 0 saturated carbocycles. The Morgan fingerprint density at radius 3 is 1.03 bits per heavy atom. The average Bonchev–Trinajstić information content (AvgIpc) is 3.20. The molecule has 5 rings (SSSR count). The molecule has 36 heavy (non-hydrogen) atoms. The SMILES string of the molecule is CC(C)(C)c1ccccc1-n1c(=O)c2cc3c(=O)n(-c4ccccc4C(C)(C)C)c(=O)c3cc2c1=O. The normalized spacial score (nSPS) is 12.6. The molecular formula is C30H28N2O4. The molecule has 0 spiro atoms. The summed E-state index contributed by atoms with van der Waals surface area (Å²) < 4.78 is 2.31. The number of nitrogens with zero attached hydrogens (tertiary/aromatic N) is 2. The fraction of sp³-hybridized carbons (Fsp3) is 0.267. The van der Waals surface area contributed by atoms with Crippen molar-refractivity contribution in [1.82, 2.24) is 9.13 Å². The maximum atomic E-state index is 13.5. The average molecular weight is 481 g/mol. The minimum absolute atomic E-state index is 0.134. The van der Waals surface area contributed by atoms with Crippen LogP contribution >= 0.6 is 0 Å². The second-order valence-corrected chi connectivity index (χ2v) is 11.4. The van der Waals surface area contributed by atoms with Gasteiger partial charge in [0.25, 0.3) is 22.2 Å². The van der Waals surface area contributed by atoms with Crippen LogP contribution in [0.2, 0.25) is 0 Å². The molecule has 3 aromatic carbocycles. The lowest BCUT2D eigenvalue weighted by atomic mass is 9.86. The molecule has 0 fully saturated rings. The third-order valence-corrected chi connectivity index (χ3v) is 6.80. The van der Waals surface area contributed by atoms with Crippen LogP contribution in [-0.2, 0) is 10.8 Å². The summed E-state index contributed by atoms with van der Waals surface area (Å²) in [6.45, 7) is 12.1. The molecule has 0 amide bonds. The molecule has 0 N–H and O–H groups in total. The van der Waals surface area contributed by atoms with Crippen molar-refractivity contribution in [2.45, 2.75) is 52.4 Å². The first-order chi connectivity index (χ1) is 16.8. The van der Waals surface area contributed by atoms with E-state index in [1.807, 2.05) is 65.8 Å². The van der Waals surface area contributed by atoms with E-state index in [1.165, 1.54) is 12.1 Å². The van der Waals surface area contributed by atoms with E-state index in [0.29, 0.717) is 11.4 Å². The fourth-order valence-electron chi connectivity index (χ4n) is 5.02. The molecule has 5 aromatic rings. The first kappa shape index (κ1) is 23.7. The Balaban J connectivity index is 1.84. The summed E-state index contributed by atoms with van der Waals surface area (Å²) in [6.07, 6.45) is 0. The summed E-state index contributed by atoms with van der Waals surface area (Å²) in [5.41, 5.74) is 0.122. The van der Waals surface area contributed by atoms with Crippen LogP contribution in [0, 0.1) is 0 Å². The van der Waals surface area contributed by atoms with E-state index in [0.717, 1.165) is 20.3 Å². The predicted octanol–water partition coefficient (Wildman–Crippen LogP) is 4.49. The van der Waals surface area contributed by atoms with Crippen molar-refractivity contribution < 1.29 is 0 Å². The number of rotatable bonds is 2. The zero-order valence-electron chi connectivity index (χ0n) is 21.3. The molecule has 0 saturated heterocycles. The van der Waals surface area contributed by atoms with Crippen LogP contribution in [0.4, 0.5) is 0 Å². The zero-order valence-corrected chi connectivity index (χ0v) is 21.3. The number of aromatic nitrogens is 2. The van der Waals surface area contributed by atoms with Crippen LogP contribution in [0.1, 0.15) is 52.7 Å². The third-order valence-electron chi connectivity index (χ3n) is 6.80. The Labute approximate surface area is 207 Å². The predicted molar refractivity (Wildman–Crippen MR) is 145 cm³/mol. The van der Waals surface area contributed by atoms with Gasteiger partial charge in [0.15, 0.2) is 0 Å². The summed E-state index contributed by atoms with van der Waals surface area (Å²) in [7, 11) is 0. The maximum Gasteiger partial charge on any atom is 0.266 e. The molecule has 0 aliphatic carbocycles. The Morgan fingerprint density at radius 1 is 0.472 bits per heavy atom. The summed E-state index contributed by atoms with van der Waals surface area (Å²) >= 11 is 0. The highest BCUT2D eigenvalue weighted by molar-refractivity contribution is 5.98. The highest BCUT2D eigenvalue weighted by atomic mass is 16.2. The van der Waals surface area contributed by atoms with Gasteiger partial charge in [0.2, 0.25) is 0 Å². The number of para-hydroxylation sites is 2. The highest BCUT2D eigenvalue weighted by Gasteiger charge is 2.26. The minimum atomic E-state index is -0.497. The van der Waals surface area contributed by atoms with Crippen molar-refractivity contribution in [1.29, 1.82) is 0 Å². The summed E-state index contributed by atoms with van der Waals surface area (Å²) in [4.78, 5) is 54.0. The lowest BCUT2D eigenvalue weighted by Gasteiger charge is -2.22. The van der Waals surface area contributed by atoms with Crippen molar-refractivity contribution in [3.63, 3.8) is 0 Å². The van der Waals surface area contributed by atoms with E-state index >= 15 is 0 Å². The highest BCUT2D eigenvalue weighted by Crippen LogP contribution is 2.29. The van der Waals surface area contributed by atoms with Crippen molar-refractivity contribution in [3.8, 4) is 11.4 Å². The van der Waals surface area contributed by atoms with E-state index in [2.05, 4.69) is 0 Å². The number of hydrogen-bond acceptors (Lipinski definition) is 4. The van der Waals surface area contributed by atoms with Gasteiger partial charge in [-0.25, -0.2) is 9.13 Å². The largest absolute Gasteiger partial charge is 0.268 e. The quantitative estimate of drug-likeness (QED) is 0.373. The van der Waals surface area contributed by atoms with Crippen molar-refractivity contribution in [3.05, 3.63) is 113 Å². The number of benzene rings is 3. The van der Waals surface area contributed by atoms with E-state index in [1.54, 1.807) is 24.3 Å². The first-order valence-electron chi connectivity index (χ1n) is 12.0. The second-order valence-electron chi connectivity index (χ2n) is 11.4. The van der Waals surface area contributed by atoms with Crippen LogP contribution < -0.4 is 22.2 Å². The van der Waals surface area contributed by atoms with Crippen LogP contribution in [0.5, 0.6) is 0 Å². The molecule has 0 aliphatic heterocycles. The molecule has 6 heteroatoms. The molecule has 182 valence electrons. The number of fused-ring (bicyclic) bond motifs is 2. The minimum Gasteiger partial charge on any atom is -0.268 e. The topological polar surface area (TPSA) is 78.1 Å². The fourth-order valence-corrected chi connectivity index (χ4v) is 5.02. The molecule has 0 bridgehead atoms. The van der Waals surface area contributed by atoms with Gasteiger partial charge < -0.3 is 0 Å². The van der Waals surface area contributed by atoms with Gasteiger partial charge in [0.1, 0.15) is 0 Å². The molecule has 2 aromatic heterocycles. The Morgan fingerprint density at radius 2 is 0.750 bits per heavy atom. The molecule has 0 unspecified atom stereocenters. The van der Waals surface area contributed by atoms with E-state index in [9.17, 15) is 19.2 Å². The van der Waals surface area contributed by atoms with Gasteiger partial charge in [-0.3, -0.25) is 19.2 Å². The van der Waals surface area contributed by atoms with Crippen LogP contribution in [0.3, 0.4) is 0 Å². The van der Waals surface area contributed by atoms with Crippen molar-refractivity contribution in [2.24, 2.45) is 0 Å². The van der Waals surface area contributed by atoms with Gasteiger partial charge in [-0.2, -0.15) is 0 Å². The molecule has 0 radical (unpaired) electrons. The molecule has 0 aliphatic rings. The van der Waals surface area contributed by atoms with Gasteiger partial charge in [-0.1, -0.05) is 77.9 Å². The standard InChI is InChI=1S/C30H28N2O4/c1-29(2,3)21-11-7-9-13-23(21)31-25(33)17-15-19-20(16-18(17)26(31)34)28(36)32(27(19)35)24-14-10-8-12-22(24)30(4,5)6/h7-16H,1-6H3. The molecule has 0 atom stereocenters. The Bertz CT molecular complexity index is 1670. The second kappa shape index (κ2) is 7.72. The van der Waals surface area contributed by atoms with Crippen LogP contribution in [-0.4, -0.2) is 9.13 Å². The zero-order chi connectivity index (χ0) is 26.2. The molecule has 6 nitrogen and oxygen atoms in total. The summed E-state index contributed by atoms with van der Waals surface area (Å²) in [5, 5.41) is 0.535. The lowest BCUT2D eigenvalue weighted by molar-refractivity contribution is 0.585. The van der Waals surface area contributed by atoms with E-state index in [4.69, 9.17) is 0 Å². The Kier molecular flexibility index (Phi) is 5.08. The smallest absolute Gasteiger partial charge is 0.266 e. The van der Waals surface area contributed by atoms with Gasteiger partial charge in [-0.05, 0) is 46.2 Å². The lowest BCUT2D eigenvalue weighted by Crippen LogP contribution is -2.27.